The molecule has 2 fully saturated rings. The van der Waals surface area contributed by atoms with Crippen LogP contribution in [0.25, 0.3) is 16.9 Å². The summed E-state index contributed by atoms with van der Waals surface area (Å²) in [5, 5.41) is 7.46. The number of carbonyl (C=O) groups is 2. The van der Waals surface area contributed by atoms with Crippen LogP contribution in [0.3, 0.4) is 0 Å². The van der Waals surface area contributed by atoms with Crippen molar-refractivity contribution in [1.29, 1.82) is 0 Å². The molecule has 1 aliphatic heterocycles. The monoisotopic (exact) mass is 404 g/mol. The van der Waals surface area contributed by atoms with Gasteiger partial charge in [-0.3, -0.25) is 14.5 Å². The number of hydrogen-bond donors (Lipinski definition) is 1. The molecule has 3 aromatic rings. The molecule has 1 aliphatic carbocycles. The zero-order chi connectivity index (χ0) is 20.5. The van der Waals surface area contributed by atoms with E-state index in [9.17, 15) is 9.59 Å². The highest BCUT2D eigenvalue weighted by molar-refractivity contribution is 6.00. The number of aromatic nitrogens is 3. The largest absolute Gasteiger partial charge is 0.352 e. The topological polar surface area (TPSA) is 82.8 Å². The number of carbonyl (C=O) groups excluding carboxylic acids is 2. The van der Waals surface area contributed by atoms with Crippen LogP contribution in [-0.4, -0.2) is 75.0 Å². The molecule has 8 heteroatoms. The zero-order valence-corrected chi connectivity index (χ0v) is 16.7. The highest BCUT2D eigenvalue weighted by Gasteiger charge is 2.28. The van der Waals surface area contributed by atoms with Crippen molar-refractivity contribution in [2.24, 2.45) is 0 Å². The molecular weight excluding hydrogens is 380 g/mol. The average molecular weight is 404 g/mol. The molecule has 2 amide bonds. The van der Waals surface area contributed by atoms with E-state index in [0.717, 1.165) is 24.1 Å². The number of rotatable bonds is 5. The van der Waals surface area contributed by atoms with Crippen LogP contribution in [0.4, 0.5) is 0 Å². The van der Waals surface area contributed by atoms with Crippen molar-refractivity contribution >= 4 is 17.5 Å². The Kier molecular flexibility index (Phi) is 4.92. The molecule has 154 valence electrons. The number of hydrogen-bond acceptors (Lipinski definition) is 5. The summed E-state index contributed by atoms with van der Waals surface area (Å²) in [4.78, 5) is 33.5. The van der Waals surface area contributed by atoms with E-state index in [-0.39, 0.29) is 11.8 Å². The number of piperazine rings is 1. The van der Waals surface area contributed by atoms with Crippen LogP contribution >= 0.6 is 0 Å². The first-order valence-electron chi connectivity index (χ1n) is 10.4. The van der Waals surface area contributed by atoms with Crippen LogP contribution in [-0.2, 0) is 4.79 Å². The molecule has 3 heterocycles. The molecule has 0 radical (unpaired) electrons. The molecule has 1 saturated heterocycles. The standard InChI is InChI=1S/C22H24N6O2/c29-20(25-17-6-7-17)15-26-10-12-27(13-11-26)22(30)18-14-24-28-19(8-9-23-21(18)28)16-4-2-1-3-5-16/h1-5,8-9,14,17H,6-7,10-13,15H2,(H,25,29). The first-order valence-corrected chi connectivity index (χ1v) is 10.4. The molecule has 1 aromatic carbocycles. The second kappa shape index (κ2) is 7.87. The van der Waals surface area contributed by atoms with E-state index < -0.39 is 0 Å². The molecule has 0 spiro atoms. The molecule has 2 aliphatic rings. The third-order valence-corrected chi connectivity index (χ3v) is 5.67. The lowest BCUT2D eigenvalue weighted by Gasteiger charge is -2.34. The molecule has 8 nitrogen and oxygen atoms in total. The summed E-state index contributed by atoms with van der Waals surface area (Å²) in [6.07, 6.45) is 5.50. The van der Waals surface area contributed by atoms with Crippen LogP contribution in [0, 0.1) is 0 Å². The summed E-state index contributed by atoms with van der Waals surface area (Å²) in [5.74, 6) is 0.0161. The van der Waals surface area contributed by atoms with E-state index >= 15 is 0 Å². The summed E-state index contributed by atoms with van der Waals surface area (Å²) in [6, 6.07) is 12.2. The van der Waals surface area contributed by atoms with Crippen LogP contribution in [0.5, 0.6) is 0 Å². The van der Waals surface area contributed by atoms with Gasteiger partial charge in [-0.05, 0) is 18.9 Å². The van der Waals surface area contributed by atoms with Gasteiger partial charge in [-0.25, -0.2) is 9.50 Å². The number of nitrogens with zero attached hydrogens (tertiary/aromatic N) is 5. The Labute approximate surface area is 174 Å². The minimum atomic E-state index is -0.0650. The van der Waals surface area contributed by atoms with Gasteiger partial charge in [0, 0.05) is 44.0 Å². The zero-order valence-electron chi connectivity index (χ0n) is 16.7. The highest BCUT2D eigenvalue weighted by Crippen LogP contribution is 2.22. The maximum absolute atomic E-state index is 13.1. The summed E-state index contributed by atoms with van der Waals surface area (Å²) in [7, 11) is 0. The van der Waals surface area contributed by atoms with Crippen molar-refractivity contribution in [2.45, 2.75) is 18.9 Å². The van der Waals surface area contributed by atoms with Crippen molar-refractivity contribution in [3.8, 4) is 11.3 Å². The third kappa shape index (κ3) is 3.78. The van der Waals surface area contributed by atoms with Crippen molar-refractivity contribution in [1.82, 2.24) is 29.7 Å². The second-order valence-corrected chi connectivity index (χ2v) is 7.90. The predicted octanol–water partition coefficient (Wildman–Crippen LogP) is 1.43. The lowest BCUT2D eigenvalue weighted by Crippen LogP contribution is -2.51. The molecule has 2 aromatic heterocycles. The first kappa shape index (κ1) is 18.7. The summed E-state index contributed by atoms with van der Waals surface area (Å²) in [6.45, 7) is 2.95. The molecule has 5 rings (SSSR count). The molecule has 0 bridgehead atoms. The Balaban J connectivity index is 1.28. The fourth-order valence-corrected chi connectivity index (χ4v) is 3.85. The first-order chi connectivity index (χ1) is 14.7. The van der Waals surface area contributed by atoms with E-state index in [1.807, 2.05) is 41.3 Å². The molecule has 30 heavy (non-hydrogen) atoms. The van der Waals surface area contributed by atoms with E-state index in [2.05, 4.69) is 20.3 Å². The van der Waals surface area contributed by atoms with Gasteiger partial charge in [0.25, 0.3) is 5.91 Å². The van der Waals surface area contributed by atoms with E-state index in [4.69, 9.17) is 0 Å². The Hall–Kier alpha value is -3.26. The van der Waals surface area contributed by atoms with Gasteiger partial charge in [0.15, 0.2) is 5.65 Å². The normalized spacial score (nSPS) is 17.3. The van der Waals surface area contributed by atoms with Crippen LogP contribution in [0.15, 0.2) is 48.8 Å². The van der Waals surface area contributed by atoms with Crippen LogP contribution in [0.2, 0.25) is 0 Å². The van der Waals surface area contributed by atoms with E-state index in [1.54, 1.807) is 16.9 Å². The second-order valence-electron chi connectivity index (χ2n) is 7.90. The molecule has 0 atom stereocenters. The lowest BCUT2D eigenvalue weighted by molar-refractivity contribution is -0.122. The van der Waals surface area contributed by atoms with Crippen LogP contribution < -0.4 is 5.32 Å². The SMILES string of the molecule is O=C(CN1CCN(C(=O)c2cnn3c(-c4ccccc4)ccnc23)CC1)NC1CC1. The number of amides is 2. The van der Waals surface area contributed by atoms with Crippen molar-refractivity contribution in [3.63, 3.8) is 0 Å². The summed E-state index contributed by atoms with van der Waals surface area (Å²) >= 11 is 0. The molecule has 0 unspecified atom stereocenters. The van der Waals surface area contributed by atoms with Gasteiger partial charge in [-0.15, -0.1) is 0 Å². The minimum absolute atomic E-state index is 0.0650. The van der Waals surface area contributed by atoms with Crippen molar-refractivity contribution in [3.05, 3.63) is 54.4 Å². The van der Waals surface area contributed by atoms with Gasteiger partial charge in [0.2, 0.25) is 5.91 Å². The fraction of sp³-hybridized carbons (Fsp3) is 0.364. The molecule has 1 saturated carbocycles. The van der Waals surface area contributed by atoms with Gasteiger partial charge >= 0.3 is 0 Å². The van der Waals surface area contributed by atoms with E-state index in [1.165, 1.54) is 0 Å². The number of benzene rings is 1. The van der Waals surface area contributed by atoms with Gasteiger partial charge < -0.3 is 10.2 Å². The number of fused-ring (bicyclic) bond motifs is 1. The molecular formula is C22H24N6O2. The quantitative estimate of drug-likeness (QED) is 0.696. The van der Waals surface area contributed by atoms with Gasteiger partial charge in [-0.2, -0.15) is 5.10 Å². The minimum Gasteiger partial charge on any atom is -0.352 e. The van der Waals surface area contributed by atoms with Crippen molar-refractivity contribution in [2.75, 3.05) is 32.7 Å². The van der Waals surface area contributed by atoms with Crippen molar-refractivity contribution < 1.29 is 9.59 Å². The maximum Gasteiger partial charge on any atom is 0.259 e. The predicted molar refractivity (Wildman–Crippen MR) is 112 cm³/mol. The third-order valence-electron chi connectivity index (χ3n) is 5.67. The van der Waals surface area contributed by atoms with Gasteiger partial charge in [-0.1, -0.05) is 30.3 Å². The fourth-order valence-electron chi connectivity index (χ4n) is 3.85. The lowest BCUT2D eigenvalue weighted by atomic mass is 10.1. The average Bonchev–Trinajstić information content (AvgIpc) is 3.48. The number of nitrogens with one attached hydrogen (secondary N) is 1. The smallest absolute Gasteiger partial charge is 0.259 e. The summed E-state index contributed by atoms with van der Waals surface area (Å²) < 4.78 is 1.72. The summed E-state index contributed by atoms with van der Waals surface area (Å²) in [5.41, 5.74) is 2.98. The molecule has 1 N–H and O–H groups in total. The van der Waals surface area contributed by atoms with Crippen LogP contribution in [0.1, 0.15) is 23.2 Å². The highest BCUT2D eigenvalue weighted by atomic mass is 16.2. The Morgan fingerprint density at radius 2 is 1.80 bits per heavy atom. The van der Waals surface area contributed by atoms with E-state index in [0.29, 0.717) is 50.0 Å². The Bertz CT molecular complexity index is 1070. The van der Waals surface area contributed by atoms with Gasteiger partial charge in [0.1, 0.15) is 5.56 Å². The Morgan fingerprint density at radius 3 is 2.53 bits per heavy atom. The maximum atomic E-state index is 13.1. The van der Waals surface area contributed by atoms with Gasteiger partial charge in [0.05, 0.1) is 18.4 Å². The Morgan fingerprint density at radius 1 is 1.03 bits per heavy atom.